The number of carbonyl (C=O) groups excluding carboxylic acids is 1. The molecule has 1 heterocycles. The van der Waals surface area contributed by atoms with Gasteiger partial charge < -0.3 is 10.2 Å². The van der Waals surface area contributed by atoms with Crippen LogP contribution in [0.15, 0.2) is 47.4 Å². The number of hydrogen-bond donors (Lipinski definition) is 1. The molecule has 1 amide bonds. The summed E-state index contributed by atoms with van der Waals surface area (Å²) >= 11 is 0. The van der Waals surface area contributed by atoms with E-state index in [0.717, 1.165) is 36.9 Å². The molecule has 0 bridgehead atoms. The molecule has 156 valence electrons. The van der Waals surface area contributed by atoms with Gasteiger partial charge in [-0.25, -0.2) is 8.42 Å². The minimum absolute atomic E-state index is 0.173. The Morgan fingerprint density at radius 2 is 1.69 bits per heavy atom. The maximum Gasteiger partial charge on any atom is 0.255 e. The monoisotopic (exact) mass is 415 g/mol. The fraction of sp³-hybridized carbons (Fsp3) is 0.409. The van der Waals surface area contributed by atoms with Crippen LogP contribution in [0.4, 0.5) is 11.4 Å². The first-order valence-corrected chi connectivity index (χ1v) is 11.4. The lowest BCUT2D eigenvalue weighted by Gasteiger charge is -2.20. The molecule has 0 spiro atoms. The molecule has 1 fully saturated rings. The van der Waals surface area contributed by atoms with Crippen LogP contribution in [0.1, 0.15) is 41.6 Å². The van der Waals surface area contributed by atoms with Crippen LogP contribution in [0, 0.1) is 6.92 Å². The van der Waals surface area contributed by atoms with E-state index in [1.165, 1.54) is 6.07 Å². The van der Waals surface area contributed by atoms with E-state index in [9.17, 15) is 13.2 Å². The van der Waals surface area contributed by atoms with Gasteiger partial charge in [0.25, 0.3) is 5.91 Å². The molecule has 0 atom stereocenters. The van der Waals surface area contributed by atoms with Gasteiger partial charge in [0.1, 0.15) is 0 Å². The smallest absolute Gasteiger partial charge is 0.255 e. The van der Waals surface area contributed by atoms with E-state index in [1.807, 2.05) is 44.1 Å². The molecule has 0 unspecified atom stereocenters. The Morgan fingerprint density at radius 1 is 1.00 bits per heavy atom. The average Bonchev–Trinajstić information content (AvgIpc) is 2.99. The molecule has 1 aliphatic heterocycles. The summed E-state index contributed by atoms with van der Waals surface area (Å²) in [5, 5.41) is 2.89. The quantitative estimate of drug-likeness (QED) is 0.805. The molecule has 7 heteroatoms. The summed E-state index contributed by atoms with van der Waals surface area (Å²) < 4.78 is 27.6. The van der Waals surface area contributed by atoms with E-state index in [4.69, 9.17) is 0 Å². The van der Waals surface area contributed by atoms with E-state index in [2.05, 4.69) is 5.32 Å². The molecule has 0 radical (unpaired) electrons. The topological polar surface area (TPSA) is 69.7 Å². The lowest BCUT2D eigenvalue weighted by molar-refractivity contribution is 0.102. The first-order chi connectivity index (χ1) is 13.8. The summed E-state index contributed by atoms with van der Waals surface area (Å²) in [6.07, 6.45) is 3.87. The number of nitrogens with one attached hydrogen (secondary N) is 1. The fourth-order valence-corrected chi connectivity index (χ4v) is 5.05. The van der Waals surface area contributed by atoms with Crippen LogP contribution in [-0.4, -0.2) is 45.8 Å². The maximum atomic E-state index is 13.0. The van der Waals surface area contributed by atoms with Gasteiger partial charge >= 0.3 is 0 Å². The second-order valence-electron chi connectivity index (χ2n) is 7.69. The highest BCUT2D eigenvalue weighted by molar-refractivity contribution is 7.89. The minimum atomic E-state index is -3.59. The number of amides is 1. The van der Waals surface area contributed by atoms with Crippen molar-refractivity contribution < 1.29 is 13.2 Å². The highest BCUT2D eigenvalue weighted by Crippen LogP contribution is 2.24. The predicted molar refractivity (Wildman–Crippen MR) is 117 cm³/mol. The normalized spacial score (nSPS) is 15.6. The summed E-state index contributed by atoms with van der Waals surface area (Å²) in [5.41, 5.74) is 3.03. The van der Waals surface area contributed by atoms with Gasteiger partial charge in [-0.2, -0.15) is 4.31 Å². The number of hydrogen-bond acceptors (Lipinski definition) is 4. The van der Waals surface area contributed by atoms with Crippen LogP contribution in [0.25, 0.3) is 0 Å². The van der Waals surface area contributed by atoms with Gasteiger partial charge in [0.2, 0.25) is 10.0 Å². The van der Waals surface area contributed by atoms with Crippen LogP contribution < -0.4 is 10.2 Å². The number of anilines is 2. The number of nitrogens with zero attached hydrogens (tertiary/aromatic N) is 2. The summed E-state index contributed by atoms with van der Waals surface area (Å²) in [5.74, 6) is -0.321. The maximum absolute atomic E-state index is 13.0. The van der Waals surface area contributed by atoms with Gasteiger partial charge in [0.15, 0.2) is 0 Å². The van der Waals surface area contributed by atoms with Crippen molar-refractivity contribution in [1.82, 2.24) is 4.31 Å². The molecule has 29 heavy (non-hydrogen) atoms. The number of carbonyl (C=O) groups is 1. The molecule has 2 aromatic rings. The van der Waals surface area contributed by atoms with E-state index in [1.54, 1.807) is 22.5 Å². The van der Waals surface area contributed by atoms with Crippen LogP contribution >= 0.6 is 0 Å². The Morgan fingerprint density at radius 3 is 2.31 bits per heavy atom. The molecular formula is C22H29N3O3S. The summed E-state index contributed by atoms with van der Waals surface area (Å²) in [4.78, 5) is 14.9. The average molecular weight is 416 g/mol. The highest BCUT2D eigenvalue weighted by Gasteiger charge is 2.25. The number of aryl methyl sites for hydroxylation is 1. The largest absolute Gasteiger partial charge is 0.378 e. The third kappa shape index (κ3) is 4.97. The molecule has 1 saturated heterocycles. The zero-order valence-electron chi connectivity index (χ0n) is 17.3. The number of rotatable bonds is 5. The van der Waals surface area contributed by atoms with Crippen molar-refractivity contribution in [2.75, 3.05) is 37.4 Å². The van der Waals surface area contributed by atoms with Gasteiger partial charge in [-0.05, 0) is 61.7 Å². The Labute approximate surface area is 173 Å². The zero-order valence-corrected chi connectivity index (χ0v) is 18.1. The van der Waals surface area contributed by atoms with Gasteiger partial charge in [0, 0.05) is 44.1 Å². The molecule has 2 aromatic carbocycles. The lowest BCUT2D eigenvalue weighted by Crippen LogP contribution is -2.32. The van der Waals surface area contributed by atoms with E-state index in [0.29, 0.717) is 24.3 Å². The molecular weight excluding hydrogens is 386 g/mol. The second kappa shape index (κ2) is 8.97. The Hall–Kier alpha value is -2.38. The van der Waals surface area contributed by atoms with Gasteiger partial charge in [0.05, 0.1) is 4.90 Å². The third-order valence-electron chi connectivity index (χ3n) is 5.27. The molecule has 0 aromatic heterocycles. The Balaban J connectivity index is 1.81. The molecule has 1 aliphatic rings. The molecule has 0 saturated carbocycles. The zero-order chi connectivity index (χ0) is 21.0. The van der Waals surface area contributed by atoms with Crippen molar-refractivity contribution in [2.24, 2.45) is 0 Å². The summed E-state index contributed by atoms with van der Waals surface area (Å²) in [6, 6.07) is 12.1. The van der Waals surface area contributed by atoms with Crippen molar-refractivity contribution in [3.63, 3.8) is 0 Å². The van der Waals surface area contributed by atoms with E-state index in [-0.39, 0.29) is 10.8 Å². The summed E-state index contributed by atoms with van der Waals surface area (Å²) in [6.45, 7) is 3.01. The minimum Gasteiger partial charge on any atom is -0.378 e. The van der Waals surface area contributed by atoms with E-state index < -0.39 is 10.0 Å². The van der Waals surface area contributed by atoms with Crippen LogP contribution in [-0.2, 0) is 10.0 Å². The van der Waals surface area contributed by atoms with Gasteiger partial charge in [-0.15, -0.1) is 0 Å². The number of benzene rings is 2. The van der Waals surface area contributed by atoms with Crippen molar-refractivity contribution >= 4 is 27.3 Å². The van der Waals surface area contributed by atoms with Gasteiger partial charge in [-0.3, -0.25) is 4.79 Å². The van der Waals surface area contributed by atoms with Crippen LogP contribution in [0.5, 0.6) is 0 Å². The Bertz CT molecular complexity index is 979. The van der Waals surface area contributed by atoms with Crippen molar-refractivity contribution in [3.8, 4) is 0 Å². The molecule has 1 N–H and O–H groups in total. The lowest BCUT2D eigenvalue weighted by atomic mass is 10.1. The Kier molecular flexibility index (Phi) is 6.59. The van der Waals surface area contributed by atoms with Crippen molar-refractivity contribution in [1.29, 1.82) is 0 Å². The third-order valence-corrected chi connectivity index (χ3v) is 7.17. The van der Waals surface area contributed by atoms with Crippen molar-refractivity contribution in [3.05, 3.63) is 53.6 Å². The van der Waals surface area contributed by atoms with Crippen LogP contribution in [0.2, 0.25) is 0 Å². The standard InChI is InChI=1S/C22H29N3O3S/c1-17-15-19(24(2)3)11-12-21(17)23-22(26)18-9-8-10-20(16-18)29(27,28)25-13-6-4-5-7-14-25/h8-12,15-16H,4-7,13-14H2,1-3H3,(H,23,26). The van der Waals surface area contributed by atoms with Gasteiger partial charge in [-0.1, -0.05) is 18.9 Å². The highest BCUT2D eigenvalue weighted by atomic mass is 32.2. The molecule has 6 nitrogen and oxygen atoms in total. The molecule has 3 rings (SSSR count). The second-order valence-corrected chi connectivity index (χ2v) is 9.63. The fourth-order valence-electron chi connectivity index (χ4n) is 3.49. The first-order valence-electron chi connectivity index (χ1n) is 9.98. The summed E-state index contributed by atoms with van der Waals surface area (Å²) in [7, 11) is 0.333. The van der Waals surface area contributed by atoms with Crippen LogP contribution in [0.3, 0.4) is 0 Å². The SMILES string of the molecule is Cc1cc(N(C)C)ccc1NC(=O)c1cccc(S(=O)(=O)N2CCCCCC2)c1. The van der Waals surface area contributed by atoms with Crippen molar-refractivity contribution in [2.45, 2.75) is 37.5 Å². The predicted octanol–water partition coefficient (Wildman–Crippen LogP) is 3.88. The molecule has 0 aliphatic carbocycles. The number of sulfonamides is 1. The first kappa shape index (κ1) is 21.3. The van der Waals surface area contributed by atoms with E-state index >= 15 is 0 Å².